The molecule has 4 rings (SSSR count). The lowest BCUT2D eigenvalue weighted by Crippen LogP contribution is -2.22. The van der Waals surface area contributed by atoms with Gasteiger partial charge in [-0.15, -0.1) is 0 Å². The number of fused-ring (bicyclic) bond motifs is 1. The first-order chi connectivity index (χ1) is 17.9. The van der Waals surface area contributed by atoms with Crippen LogP contribution in [0.4, 0.5) is 10.1 Å². The van der Waals surface area contributed by atoms with Gasteiger partial charge in [0.1, 0.15) is 46.5 Å². The standard InChI is InChI=1S/C27H26ClFN2O6/c1-34-17-11-16(12-18(13-17)37-9-8-32)31-26(20-5-4-15(29)10-23(20)36-3)27(33)21-14-30-25-19(21)6-7-22(35-2)24(25)28/h4-7,10-14,26,30-32H,8-9H2,1-3H3. The molecule has 194 valence electrons. The molecule has 4 aromatic rings. The van der Waals surface area contributed by atoms with Gasteiger partial charge in [-0.3, -0.25) is 4.79 Å². The topological polar surface area (TPSA) is 102 Å². The highest BCUT2D eigenvalue weighted by Crippen LogP contribution is 2.38. The number of carbonyl (C=O) groups is 1. The maximum absolute atomic E-state index is 14.1. The number of aromatic nitrogens is 1. The van der Waals surface area contributed by atoms with E-state index in [2.05, 4.69) is 10.3 Å². The van der Waals surface area contributed by atoms with Crippen LogP contribution in [-0.2, 0) is 0 Å². The summed E-state index contributed by atoms with van der Waals surface area (Å²) in [6.07, 6.45) is 1.57. The zero-order chi connectivity index (χ0) is 26.5. The summed E-state index contributed by atoms with van der Waals surface area (Å²) in [7, 11) is 4.42. The van der Waals surface area contributed by atoms with Gasteiger partial charge in [-0.2, -0.15) is 0 Å². The molecule has 0 saturated heterocycles. The van der Waals surface area contributed by atoms with E-state index in [1.807, 2.05) is 0 Å². The number of halogens is 2. The molecule has 0 fully saturated rings. The zero-order valence-corrected chi connectivity index (χ0v) is 21.2. The number of hydrogen-bond donors (Lipinski definition) is 3. The molecule has 0 aliphatic heterocycles. The van der Waals surface area contributed by atoms with Crippen LogP contribution in [0.3, 0.4) is 0 Å². The number of aliphatic hydroxyl groups is 1. The van der Waals surface area contributed by atoms with Gasteiger partial charge in [-0.25, -0.2) is 4.39 Å². The lowest BCUT2D eigenvalue weighted by atomic mass is 9.95. The fourth-order valence-corrected chi connectivity index (χ4v) is 4.35. The Hall–Kier alpha value is -3.95. The number of methoxy groups -OCH3 is 3. The van der Waals surface area contributed by atoms with Crippen molar-refractivity contribution in [2.24, 2.45) is 0 Å². The van der Waals surface area contributed by atoms with Crippen LogP contribution >= 0.6 is 11.6 Å². The zero-order valence-electron chi connectivity index (χ0n) is 20.4. The molecule has 0 aliphatic carbocycles. The monoisotopic (exact) mass is 528 g/mol. The molecule has 0 amide bonds. The first-order valence-corrected chi connectivity index (χ1v) is 11.7. The van der Waals surface area contributed by atoms with E-state index in [1.54, 1.807) is 36.5 Å². The molecule has 8 nitrogen and oxygen atoms in total. The van der Waals surface area contributed by atoms with Crippen molar-refractivity contribution in [2.45, 2.75) is 6.04 Å². The van der Waals surface area contributed by atoms with Gasteiger partial charge in [-0.1, -0.05) is 11.6 Å². The number of aliphatic hydroxyl groups excluding tert-OH is 1. The highest BCUT2D eigenvalue weighted by molar-refractivity contribution is 6.37. The van der Waals surface area contributed by atoms with E-state index in [4.69, 9.17) is 35.7 Å². The van der Waals surface area contributed by atoms with Gasteiger partial charge in [0.2, 0.25) is 0 Å². The predicted octanol–water partition coefficient (Wildman–Crippen LogP) is 5.39. The van der Waals surface area contributed by atoms with Crippen molar-refractivity contribution in [3.63, 3.8) is 0 Å². The van der Waals surface area contributed by atoms with Gasteiger partial charge >= 0.3 is 0 Å². The molecule has 1 atom stereocenters. The van der Waals surface area contributed by atoms with Crippen LogP contribution in [0.25, 0.3) is 10.9 Å². The third kappa shape index (κ3) is 5.42. The minimum Gasteiger partial charge on any atom is -0.497 e. The lowest BCUT2D eigenvalue weighted by molar-refractivity contribution is 0.0970. The molecule has 0 bridgehead atoms. The summed E-state index contributed by atoms with van der Waals surface area (Å²) in [4.78, 5) is 17.1. The highest BCUT2D eigenvalue weighted by atomic mass is 35.5. The number of nitrogens with one attached hydrogen (secondary N) is 2. The Kier molecular flexibility index (Phi) is 8.05. The van der Waals surface area contributed by atoms with Gasteiger partial charge in [0.05, 0.1) is 33.5 Å². The van der Waals surface area contributed by atoms with E-state index in [9.17, 15) is 9.18 Å². The van der Waals surface area contributed by atoms with E-state index < -0.39 is 11.9 Å². The minimum absolute atomic E-state index is 0.0836. The molecule has 0 aliphatic rings. The smallest absolute Gasteiger partial charge is 0.191 e. The average molecular weight is 529 g/mol. The molecule has 0 radical (unpaired) electrons. The van der Waals surface area contributed by atoms with Crippen molar-refractivity contribution >= 4 is 34.0 Å². The van der Waals surface area contributed by atoms with Crippen molar-refractivity contribution in [3.05, 3.63) is 76.7 Å². The van der Waals surface area contributed by atoms with Crippen LogP contribution in [0.2, 0.25) is 5.02 Å². The summed E-state index contributed by atoms with van der Waals surface area (Å²) in [6.45, 7) is -0.0813. The predicted molar refractivity (Wildman–Crippen MR) is 139 cm³/mol. The summed E-state index contributed by atoms with van der Waals surface area (Å²) >= 11 is 6.45. The fourth-order valence-electron chi connectivity index (χ4n) is 4.06. The van der Waals surface area contributed by atoms with Gasteiger partial charge < -0.3 is 34.4 Å². The van der Waals surface area contributed by atoms with Gasteiger partial charge in [0.25, 0.3) is 0 Å². The van der Waals surface area contributed by atoms with Gasteiger partial charge in [-0.05, 0) is 24.3 Å². The number of ether oxygens (including phenoxy) is 4. The second-order valence-corrected chi connectivity index (χ2v) is 8.38. The Morgan fingerprint density at radius 3 is 2.49 bits per heavy atom. The van der Waals surface area contributed by atoms with E-state index in [0.717, 1.165) is 0 Å². The Morgan fingerprint density at radius 1 is 1.03 bits per heavy atom. The number of rotatable bonds is 11. The minimum atomic E-state index is -0.992. The largest absolute Gasteiger partial charge is 0.497 e. The third-order valence-corrected chi connectivity index (χ3v) is 6.17. The number of aromatic amines is 1. The van der Waals surface area contributed by atoms with Crippen LogP contribution in [0, 0.1) is 5.82 Å². The Labute approximate surface area is 217 Å². The number of benzene rings is 3. The fraction of sp³-hybridized carbons (Fsp3) is 0.222. The number of hydrogen-bond acceptors (Lipinski definition) is 7. The average Bonchev–Trinajstić information content (AvgIpc) is 3.35. The van der Waals surface area contributed by atoms with E-state index >= 15 is 0 Å². The Balaban J connectivity index is 1.82. The second kappa shape index (κ2) is 11.4. The number of ketones is 1. The number of Topliss-reactive ketones (excluding diaryl/α,β-unsaturated/α-hetero) is 1. The van der Waals surface area contributed by atoms with Crippen molar-refractivity contribution in [3.8, 4) is 23.0 Å². The van der Waals surface area contributed by atoms with Crippen molar-refractivity contribution in [1.82, 2.24) is 4.98 Å². The summed E-state index contributed by atoms with van der Waals surface area (Å²) in [5.74, 6) is 0.749. The molecule has 10 heteroatoms. The molecule has 3 N–H and O–H groups in total. The van der Waals surface area contributed by atoms with Crippen LogP contribution in [0.15, 0.2) is 54.7 Å². The number of anilines is 1. The SMILES string of the molecule is COc1cc(NC(C(=O)c2c[nH]c3c(Cl)c(OC)ccc23)c2ccc(F)cc2OC)cc(OCCO)c1. The second-order valence-electron chi connectivity index (χ2n) is 8.00. The third-order valence-electron chi connectivity index (χ3n) is 5.80. The first kappa shape index (κ1) is 26.1. The highest BCUT2D eigenvalue weighted by Gasteiger charge is 2.28. The van der Waals surface area contributed by atoms with E-state index in [1.165, 1.54) is 39.5 Å². The van der Waals surface area contributed by atoms with Crippen LogP contribution < -0.4 is 24.3 Å². The molecular weight excluding hydrogens is 503 g/mol. The molecular formula is C27H26ClFN2O6. The van der Waals surface area contributed by atoms with Crippen molar-refractivity contribution in [1.29, 1.82) is 0 Å². The molecule has 0 saturated carbocycles. The molecule has 0 spiro atoms. The quantitative estimate of drug-likeness (QED) is 0.224. The van der Waals surface area contributed by atoms with Gasteiger partial charge in [0.15, 0.2) is 5.78 Å². The Bertz CT molecular complexity index is 1420. The molecule has 1 heterocycles. The van der Waals surface area contributed by atoms with Crippen molar-refractivity contribution in [2.75, 3.05) is 39.9 Å². The summed E-state index contributed by atoms with van der Waals surface area (Å²) in [5.41, 5.74) is 1.83. The van der Waals surface area contributed by atoms with Crippen LogP contribution in [0.1, 0.15) is 22.0 Å². The molecule has 1 unspecified atom stereocenters. The number of carbonyl (C=O) groups excluding carboxylic acids is 1. The molecule has 3 aromatic carbocycles. The van der Waals surface area contributed by atoms with E-state index in [0.29, 0.717) is 50.0 Å². The van der Waals surface area contributed by atoms with Crippen LogP contribution in [-0.4, -0.2) is 50.4 Å². The molecule has 1 aromatic heterocycles. The van der Waals surface area contributed by atoms with Crippen molar-refractivity contribution < 1.29 is 33.2 Å². The number of H-pyrrole nitrogens is 1. The van der Waals surface area contributed by atoms with Gasteiger partial charge in [0, 0.05) is 52.7 Å². The maximum Gasteiger partial charge on any atom is 0.191 e. The molecule has 37 heavy (non-hydrogen) atoms. The summed E-state index contributed by atoms with van der Waals surface area (Å²) < 4.78 is 35.6. The Morgan fingerprint density at radius 2 is 1.78 bits per heavy atom. The summed E-state index contributed by atoms with van der Waals surface area (Å²) in [6, 6.07) is 11.4. The first-order valence-electron chi connectivity index (χ1n) is 11.3. The van der Waals surface area contributed by atoms with E-state index in [-0.39, 0.29) is 24.7 Å². The normalized spacial score (nSPS) is 11.7. The summed E-state index contributed by atoms with van der Waals surface area (Å²) in [5, 5.41) is 13.3. The maximum atomic E-state index is 14.1. The lowest BCUT2D eigenvalue weighted by Gasteiger charge is -2.22. The van der Waals surface area contributed by atoms with Crippen LogP contribution in [0.5, 0.6) is 23.0 Å².